The van der Waals surface area contributed by atoms with E-state index in [9.17, 15) is 0 Å². The number of phenolic OH excluding ortho intramolecular Hbond substituents is 1. The average molecular weight is 149 g/mol. The van der Waals surface area contributed by atoms with Crippen LogP contribution < -0.4 is 0 Å². The molecule has 0 aliphatic rings. The number of phenols is 1. The minimum absolute atomic E-state index is 0.308. The molecule has 0 saturated heterocycles. The lowest BCUT2D eigenvalue weighted by Crippen LogP contribution is -1.62. The maximum atomic E-state index is 9.03. The molecule has 2 heteroatoms. The number of hydrogen-bond acceptors (Lipinski definition) is 2. The Labute approximate surface area is 62.5 Å². The highest BCUT2D eigenvalue weighted by molar-refractivity contribution is 7.17. The summed E-state index contributed by atoms with van der Waals surface area (Å²) in [6.07, 6.45) is 0. The summed E-state index contributed by atoms with van der Waals surface area (Å²) >= 11 is 1.63. The normalized spacial score (nSPS) is 10.4. The Balaban J connectivity index is 2.86. The maximum Gasteiger partial charge on any atom is 0.116 e. The number of fused-ring (bicyclic) bond motifs is 1. The van der Waals surface area contributed by atoms with Gasteiger partial charge in [0.2, 0.25) is 0 Å². The van der Waals surface area contributed by atoms with Gasteiger partial charge in [-0.3, -0.25) is 0 Å². The highest BCUT2D eigenvalue weighted by Gasteiger charge is 1.94. The van der Waals surface area contributed by atoms with Crippen LogP contribution in [0.1, 0.15) is 0 Å². The molecule has 1 aromatic heterocycles. The van der Waals surface area contributed by atoms with Gasteiger partial charge in [0.25, 0.3) is 0 Å². The summed E-state index contributed by atoms with van der Waals surface area (Å²) in [6, 6.07) is 8.31. The molecule has 0 unspecified atom stereocenters. The molecule has 1 aromatic carbocycles. The third-order valence-corrected chi connectivity index (χ3v) is 2.21. The minimum Gasteiger partial charge on any atom is -0.508 e. The van der Waals surface area contributed by atoms with Gasteiger partial charge in [-0.1, -0.05) is 0 Å². The zero-order chi connectivity index (χ0) is 6.97. The topological polar surface area (TPSA) is 20.2 Å². The Hall–Kier alpha value is -1.02. The van der Waals surface area contributed by atoms with Crippen LogP contribution in [-0.2, 0) is 0 Å². The predicted molar refractivity (Wildman–Crippen MR) is 42.3 cm³/mol. The van der Waals surface area contributed by atoms with Crippen molar-refractivity contribution in [2.75, 3.05) is 0 Å². The summed E-state index contributed by atoms with van der Waals surface area (Å²) in [5.41, 5.74) is 0. The molecule has 0 aliphatic carbocycles. The van der Waals surface area contributed by atoms with Crippen LogP contribution >= 0.6 is 11.3 Å². The van der Waals surface area contributed by atoms with Gasteiger partial charge in [0, 0.05) is 16.2 Å². The summed E-state index contributed by atoms with van der Waals surface area (Å²) < 4.78 is 1.16. The van der Waals surface area contributed by atoms with Crippen molar-refractivity contribution in [3.05, 3.63) is 29.6 Å². The Kier molecular flexibility index (Phi) is 1.14. The fourth-order valence-electron chi connectivity index (χ4n) is 0.890. The first kappa shape index (κ1) is 5.74. The predicted octanol–water partition coefficient (Wildman–Crippen LogP) is 2.41. The third kappa shape index (κ3) is 0.772. The number of thiophene rings is 1. The van der Waals surface area contributed by atoms with Crippen molar-refractivity contribution in [1.82, 2.24) is 0 Å². The Morgan fingerprint density at radius 1 is 1.40 bits per heavy atom. The SMILES string of the molecule is Oc1ccc2sc[c]c2c1. The second-order valence-corrected chi connectivity index (χ2v) is 2.97. The highest BCUT2D eigenvalue weighted by atomic mass is 32.1. The molecule has 0 fully saturated rings. The van der Waals surface area contributed by atoms with Crippen LogP contribution in [0.2, 0.25) is 0 Å². The maximum absolute atomic E-state index is 9.03. The van der Waals surface area contributed by atoms with E-state index in [0.717, 1.165) is 10.1 Å². The quantitative estimate of drug-likeness (QED) is 0.609. The van der Waals surface area contributed by atoms with E-state index in [2.05, 4.69) is 6.07 Å². The van der Waals surface area contributed by atoms with Crippen LogP contribution in [0.4, 0.5) is 0 Å². The lowest BCUT2D eigenvalue weighted by atomic mass is 10.2. The zero-order valence-corrected chi connectivity index (χ0v) is 5.98. The summed E-state index contributed by atoms with van der Waals surface area (Å²) in [6.45, 7) is 0. The van der Waals surface area contributed by atoms with Gasteiger partial charge in [-0.2, -0.15) is 0 Å². The van der Waals surface area contributed by atoms with Crippen LogP contribution in [0.15, 0.2) is 23.6 Å². The first-order valence-electron chi connectivity index (χ1n) is 2.94. The molecule has 1 heterocycles. The van der Waals surface area contributed by atoms with Gasteiger partial charge >= 0.3 is 0 Å². The summed E-state index contributed by atoms with van der Waals surface area (Å²) in [7, 11) is 0. The lowest BCUT2D eigenvalue weighted by molar-refractivity contribution is 0.476. The molecule has 1 nitrogen and oxygen atoms in total. The van der Waals surface area contributed by atoms with E-state index in [4.69, 9.17) is 5.11 Å². The first-order chi connectivity index (χ1) is 4.86. The Morgan fingerprint density at radius 3 is 3.20 bits per heavy atom. The fraction of sp³-hybridized carbons (Fsp3) is 0. The largest absolute Gasteiger partial charge is 0.508 e. The average Bonchev–Trinajstić information content (AvgIpc) is 2.33. The van der Waals surface area contributed by atoms with Crippen LogP contribution in [0, 0.1) is 6.07 Å². The molecule has 0 bridgehead atoms. The molecule has 0 saturated carbocycles. The molecule has 0 amide bonds. The van der Waals surface area contributed by atoms with Gasteiger partial charge in [-0.15, -0.1) is 11.3 Å². The van der Waals surface area contributed by atoms with Crippen molar-refractivity contribution < 1.29 is 5.11 Å². The van der Waals surface area contributed by atoms with Crippen molar-refractivity contribution in [2.24, 2.45) is 0 Å². The molecule has 0 aliphatic heterocycles. The van der Waals surface area contributed by atoms with E-state index in [1.807, 2.05) is 11.4 Å². The van der Waals surface area contributed by atoms with Gasteiger partial charge in [0.05, 0.1) is 0 Å². The Bertz CT molecular complexity index is 351. The monoisotopic (exact) mass is 149 g/mol. The van der Waals surface area contributed by atoms with E-state index in [1.165, 1.54) is 0 Å². The number of rotatable bonds is 0. The molecule has 1 radical (unpaired) electrons. The van der Waals surface area contributed by atoms with E-state index in [-0.39, 0.29) is 0 Å². The summed E-state index contributed by atoms with van der Waals surface area (Å²) in [4.78, 5) is 0. The molecule has 0 atom stereocenters. The van der Waals surface area contributed by atoms with Gasteiger partial charge in [0.15, 0.2) is 0 Å². The zero-order valence-electron chi connectivity index (χ0n) is 5.16. The number of hydrogen-bond donors (Lipinski definition) is 1. The van der Waals surface area contributed by atoms with Gasteiger partial charge in [-0.25, -0.2) is 0 Å². The number of benzene rings is 1. The second kappa shape index (κ2) is 1.99. The van der Waals surface area contributed by atoms with E-state index in [1.54, 1.807) is 23.5 Å². The molecule has 10 heavy (non-hydrogen) atoms. The van der Waals surface area contributed by atoms with Crippen molar-refractivity contribution >= 4 is 21.4 Å². The molecule has 49 valence electrons. The van der Waals surface area contributed by atoms with Crippen LogP contribution in [0.25, 0.3) is 10.1 Å². The van der Waals surface area contributed by atoms with Crippen LogP contribution in [0.3, 0.4) is 0 Å². The Morgan fingerprint density at radius 2 is 2.30 bits per heavy atom. The van der Waals surface area contributed by atoms with Gasteiger partial charge < -0.3 is 5.11 Å². The second-order valence-electron chi connectivity index (χ2n) is 2.06. The standard InChI is InChI=1S/C8H5OS/c9-7-1-2-8-6(5-7)3-4-10-8/h1-2,4-5,9H. The van der Waals surface area contributed by atoms with Crippen LogP contribution in [0.5, 0.6) is 5.75 Å². The van der Waals surface area contributed by atoms with E-state index in [0.29, 0.717) is 5.75 Å². The van der Waals surface area contributed by atoms with Crippen LogP contribution in [-0.4, -0.2) is 5.11 Å². The van der Waals surface area contributed by atoms with Gasteiger partial charge in [0.1, 0.15) is 5.75 Å². The summed E-state index contributed by atoms with van der Waals surface area (Å²) in [5.74, 6) is 0.308. The molecule has 1 N–H and O–H groups in total. The third-order valence-electron chi connectivity index (χ3n) is 1.36. The van der Waals surface area contributed by atoms with Crippen molar-refractivity contribution in [1.29, 1.82) is 0 Å². The fourth-order valence-corrected chi connectivity index (χ4v) is 1.59. The molecule has 0 spiro atoms. The molecule has 2 rings (SSSR count). The van der Waals surface area contributed by atoms with Crippen molar-refractivity contribution in [2.45, 2.75) is 0 Å². The van der Waals surface area contributed by atoms with Crippen molar-refractivity contribution in [3.63, 3.8) is 0 Å². The van der Waals surface area contributed by atoms with Gasteiger partial charge in [-0.05, 0) is 23.6 Å². The van der Waals surface area contributed by atoms with E-state index < -0.39 is 0 Å². The minimum atomic E-state index is 0.308. The first-order valence-corrected chi connectivity index (χ1v) is 3.82. The molecular formula is C8H5OS. The lowest BCUT2D eigenvalue weighted by Gasteiger charge is -1.88. The smallest absolute Gasteiger partial charge is 0.116 e. The summed E-state index contributed by atoms with van der Waals surface area (Å²) in [5, 5.41) is 11.9. The molecule has 2 aromatic rings. The number of aromatic hydroxyl groups is 1. The van der Waals surface area contributed by atoms with Crippen molar-refractivity contribution in [3.8, 4) is 5.75 Å². The van der Waals surface area contributed by atoms with E-state index >= 15 is 0 Å². The molecular weight excluding hydrogens is 144 g/mol. The highest BCUT2D eigenvalue weighted by Crippen LogP contribution is 2.23.